The summed E-state index contributed by atoms with van der Waals surface area (Å²) in [5, 5.41) is -1.39. The molecule has 2 aromatic rings. The number of thioether (sulfide) groups is 2. The van der Waals surface area contributed by atoms with Crippen LogP contribution in [0.3, 0.4) is 0 Å². The predicted octanol–water partition coefficient (Wildman–Crippen LogP) is 3.33. The van der Waals surface area contributed by atoms with Crippen LogP contribution in [0.2, 0.25) is 0 Å². The largest absolute Gasteiger partial charge is 0.468 e. The fourth-order valence-electron chi connectivity index (χ4n) is 2.64. The van der Waals surface area contributed by atoms with Crippen LogP contribution in [-0.2, 0) is 20.9 Å². The SMILES string of the molecule is COC(=O)[C@@H](Sc1ccccc1N)[C@@H]1SC(=S)N(Cc2ccccc2)C1=O. The maximum atomic E-state index is 13.0. The van der Waals surface area contributed by atoms with E-state index in [2.05, 4.69) is 0 Å². The van der Waals surface area contributed by atoms with Crippen LogP contribution in [0.25, 0.3) is 0 Å². The van der Waals surface area contributed by atoms with Gasteiger partial charge in [-0.1, -0.05) is 66.4 Å². The zero-order valence-corrected chi connectivity index (χ0v) is 17.0. The van der Waals surface area contributed by atoms with Gasteiger partial charge in [-0.05, 0) is 17.7 Å². The van der Waals surface area contributed by atoms with Gasteiger partial charge in [-0.3, -0.25) is 14.5 Å². The van der Waals surface area contributed by atoms with Gasteiger partial charge in [-0.25, -0.2) is 0 Å². The number of carbonyl (C=O) groups excluding carboxylic acids is 2. The Bertz CT molecular complexity index is 860. The van der Waals surface area contributed by atoms with Crippen LogP contribution >= 0.6 is 35.7 Å². The number of carbonyl (C=O) groups is 2. The summed E-state index contributed by atoms with van der Waals surface area (Å²) >= 11 is 7.86. The summed E-state index contributed by atoms with van der Waals surface area (Å²) in [6.45, 7) is 0.383. The summed E-state index contributed by atoms with van der Waals surface area (Å²) in [5.41, 5.74) is 7.53. The Labute approximate surface area is 171 Å². The first-order valence-corrected chi connectivity index (χ1v) is 10.3. The summed E-state index contributed by atoms with van der Waals surface area (Å²) in [4.78, 5) is 27.7. The highest BCUT2D eigenvalue weighted by Gasteiger charge is 2.45. The quantitative estimate of drug-likeness (QED) is 0.334. The maximum absolute atomic E-state index is 13.0. The molecule has 2 atom stereocenters. The van der Waals surface area contributed by atoms with E-state index in [1.807, 2.05) is 48.5 Å². The third-order valence-corrected chi connectivity index (χ3v) is 7.20. The second kappa shape index (κ2) is 8.77. The average Bonchev–Trinajstić information content (AvgIpc) is 2.95. The Hall–Kier alpha value is -2.03. The molecule has 0 unspecified atom stereocenters. The van der Waals surface area contributed by atoms with Gasteiger partial charge in [-0.15, -0.1) is 11.8 Å². The lowest BCUT2D eigenvalue weighted by atomic mass is 10.2. The molecule has 0 bridgehead atoms. The Morgan fingerprint density at radius 3 is 2.59 bits per heavy atom. The van der Waals surface area contributed by atoms with Crippen molar-refractivity contribution in [2.75, 3.05) is 12.8 Å². The van der Waals surface area contributed by atoms with E-state index in [0.29, 0.717) is 16.6 Å². The van der Waals surface area contributed by atoms with Gasteiger partial charge in [0.05, 0.1) is 13.7 Å². The molecule has 27 heavy (non-hydrogen) atoms. The minimum atomic E-state index is -0.740. The van der Waals surface area contributed by atoms with E-state index in [9.17, 15) is 9.59 Å². The van der Waals surface area contributed by atoms with E-state index in [-0.39, 0.29) is 5.91 Å². The summed E-state index contributed by atoms with van der Waals surface area (Å²) in [7, 11) is 1.31. The second-order valence-corrected chi connectivity index (χ2v) is 8.77. The zero-order chi connectivity index (χ0) is 19.4. The van der Waals surface area contributed by atoms with E-state index < -0.39 is 16.5 Å². The fourth-order valence-corrected chi connectivity index (χ4v) is 5.47. The van der Waals surface area contributed by atoms with Crippen molar-refractivity contribution < 1.29 is 14.3 Å². The molecule has 8 heteroatoms. The Morgan fingerprint density at radius 1 is 1.26 bits per heavy atom. The molecule has 3 rings (SSSR count). The third kappa shape index (κ3) is 4.45. The van der Waals surface area contributed by atoms with Gasteiger partial charge in [0.25, 0.3) is 0 Å². The monoisotopic (exact) mass is 418 g/mol. The Kier molecular flexibility index (Phi) is 6.41. The molecule has 1 aliphatic rings. The zero-order valence-electron chi connectivity index (χ0n) is 14.5. The molecule has 1 fully saturated rings. The molecular formula is C19H18N2O3S3. The molecule has 2 aromatic carbocycles. The normalized spacial score (nSPS) is 17.8. The van der Waals surface area contributed by atoms with Crippen molar-refractivity contribution in [2.24, 2.45) is 0 Å². The molecule has 2 N–H and O–H groups in total. The van der Waals surface area contributed by atoms with Crippen LogP contribution in [0, 0.1) is 0 Å². The van der Waals surface area contributed by atoms with E-state index in [0.717, 1.165) is 10.5 Å². The number of para-hydroxylation sites is 1. The van der Waals surface area contributed by atoms with Gasteiger partial charge in [0.1, 0.15) is 14.8 Å². The number of ether oxygens (including phenoxy) is 1. The van der Waals surface area contributed by atoms with Gasteiger partial charge in [0, 0.05) is 10.6 Å². The number of hydrogen-bond donors (Lipinski definition) is 1. The molecule has 1 saturated heterocycles. The van der Waals surface area contributed by atoms with Crippen LogP contribution in [-0.4, -0.2) is 38.7 Å². The predicted molar refractivity (Wildman–Crippen MR) is 113 cm³/mol. The Morgan fingerprint density at radius 2 is 1.93 bits per heavy atom. The van der Waals surface area contributed by atoms with Gasteiger partial charge in [-0.2, -0.15) is 0 Å². The summed E-state index contributed by atoms with van der Waals surface area (Å²) in [5.74, 6) is -0.662. The molecule has 1 heterocycles. The highest BCUT2D eigenvalue weighted by Crippen LogP contribution is 2.40. The lowest BCUT2D eigenvalue weighted by molar-refractivity contribution is -0.141. The molecule has 0 radical (unpaired) electrons. The molecular weight excluding hydrogens is 400 g/mol. The van der Waals surface area contributed by atoms with E-state index in [1.54, 1.807) is 11.0 Å². The van der Waals surface area contributed by atoms with Crippen molar-refractivity contribution in [2.45, 2.75) is 21.9 Å². The third-order valence-electron chi connectivity index (χ3n) is 4.02. The topological polar surface area (TPSA) is 72.6 Å². The number of benzene rings is 2. The number of nitrogens with zero attached hydrogens (tertiary/aromatic N) is 1. The fraction of sp³-hybridized carbons (Fsp3) is 0.211. The smallest absolute Gasteiger partial charge is 0.320 e. The highest BCUT2D eigenvalue weighted by molar-refractivity contribution is 8.24. The number of amides is 1. The van der Waals surface area contributed by atoms with Gasteiger partial charge >= 0.3 is 5.97 Å². The minimum absolute atomic E-state index is 0.189. The molecule has 0 saturated carbocycles. The number of rotatable bonds is 6. The van der Waals surface area contributed by atoms with Gasteiger partial charge in [0.2, 0.25) is 5.91 Å². The lowest BCUT2D eigenvalue weighted by Gasteiger charge is -2.20. The Balaban J connectivity index is 1.82. The molecule has 1 aliphatic heterocycles. The first kappa shape index (κ1) is 19.7. The summed E-state index contributed by atoms with van der Waals surface area (Å²) < 4.78 is 5.41. The van der Waals surface area contributed by atoms with E-state index in [1.165, 1.54) is 30.6 Å². The summed E-state index contributed by atoms with van der Waals surface area (Å²) in [6, 6.07) is 16.8. The minimum Gasteiger partial charge on any atom is -0.468 e. The number of nitrogen functional groups attached to an aromatic ring is 1. The van der Waals surface area contributed by atoms with Crippen LogP contribution in [0.1, 0.15) is 5.56 Å². The van der Waals surface area contributed by atoms with Crippen LogP contribution in [0.4, 0.5) is 5.69 Å². The van der Waals surface area contributed by atoms with Gasteiger partial charge in [0.15, 0.2) is 0 Å². The first-order chi connectivity index (χ1) is 13.0. The number of anilines is 1. The van der Waals surface area contributed by atoms with Crippen molar-refractivity contribution in [3.8, 4) is 0 Å². The van der Waals surface area contributed by atoms with Crippen molar-refractivity contribution in [3.63, 3.8) is 0 Å². The molecule has 1 amide bonds. The molecule has 5 nitrogen and oxygen atoms in total. The second-order valence-electron chi connectivity index (χ2n) is 5.81. The average molecular weight is 419 g/mol. The molecule has 0 spiro atoms. The highest BCUT2D eigenvalue weighted by atomic mass is 32.2. The van der Waals surface area contributed by atoms with Crippen molar-refractivity contribution in [3.05, 3.63) is 60.2 Å². The maximum Gasteiger partial charge on any atom is 0.320 e. The summed E-state index contributed by atoms with van der Waals surface area (Å²) in [6.07, 6.45) is 0. The lowest BCUT2D eigenvalue weighted by Crippen LogP contribution is -2.38. The van der Waals surface area contributed by atoms with Crippen molar-refractivity contribution >= 4 is 57.6 Å². The van der Waals surface area contributed by atoms with Crippen LogP contribution in [0.5, 0.6) is 0 Å². The first-order valence-electron chi connectivity index (χ1n) is 8.16. The number of nitrogens with two attached hydrogens (primary N) is 1. The van der Waals surface area contributed by atoms with Crippen LogP contribution in [0.15, 0.2) is 59.5 Å². The van der Waals surface area contributed by atoms with Gasteiger partial charge < -0.3 is 10.5 Å². The van der Waals surface area contributed by atoms with E-state index >= 15 is 0 Å². The van der Waals surface area contributed by atoms with E-state index in [4.69, 9.17) is 22.7 Å². The number of hydrogen-bond acceptors (Lipinski definition) is 7. The number of thiocarbonyl (C=S) groups is 1. The van der Waals surface area contributed by atoms with Crippen molar-refractivity contribution in [1.82, 2.24) is 4.90 Å². The molecule has 0 aliphatic carbocycles. The number of methoxy groups -OCH3 is 1. The van der Waals surface area contributed by atoms with Crippen LogP contribution < -0.4 is 5.73 Å². The number of esters is 1. The van der Waals surface area contributed by atoms with Crippen molar-refractivity contribution in [1.29, 1.82) is 0 Å². The molecule has 140 valence electrons. The standard InChI is InChI=1S/C19H18N2O3S3/c1-24-18(23)16(26-14-10-6-5-9-13(14)20)15-17(22)21(19(25)27-15)11-12-7-3-2-4-8-12/h2-10,15-16H,11,20H2,1H3/t15-,16-/m0/s1. The molecule has 0 aromatic heterocycles.